The SMILES string of the molecule is CCCn1cc(NCC(CN)C(C)C)ccc1=O. The Labute approximate surface area is 109 Å². The van der Waals surface area contributed by atoms with E-state index in [1.54, 1.807) is 10.6 Å². The van der Waals surface area contributed by atoms with Crippen LogP contribution in [0.4, 0.5) is 5.69 Å². The first kappa shape index (κ1) is 14.8. The van der Waals surface area contributed by atoms with Crippen molar-refractivity contribution in [1.82, 2.24) is 4.57 Å². The molecular weight excluding hydrogens is 226 g/mol. The predicted octanol–water partition coefficient (Wildman–Crippen LogP) is 1.90. The molecule has 0 amide bonds. The molecule has 18 heavy (non-hydrogen) atoms. The lowest BCUT2D eigenvalue weighted by Gasteiger charge is -2.20. The molecule has 4 nitrogen and oxygen atoms in total. The molecule has 0 bridgehead atoms. The van der Waals surface area contributed by atoms with E-state index >= 15 is 0 Å². The van der Waals surface area contributed by atoms with Crippen molar-refractivity contribution in [2.75, 3.05) is 18.4 Å². The fourth-order valence-corrected chi connectivity index (χ4v) is 1.89. The van der Waals surface area contributed by atoms with Gasteiger partial charge in [0.25, 0.3) is 5.56 Å². The van der Waals surface area contributed by atoms with E-state index in [0.717, 1.165) is 25.2 Å². The molecule has 1 aromatic heterocycles. The van der Waals surface area contributed by atoms with Crippen molar-refractivity contribution in [3.63, 3.8) is 0 Å². The summed E-state index contributed by atoms with van der Waals surface area (Å²) in [6.07, 6.45) is 2.85. The lowest BCUT2D eigenvalue weighted by molar-refractivity contribution is 0.413. The van der Waals surface area contributed by atoms with Crippen molar-refractivity contribution < 1.29 is 0 Å². The molecule has 0 spiro atoms. The number of nitrogens with one attached hydrogen (secondary N) is 1. The van der Waals surface area contributed by atoms with E-state index in [9.17, 15) is 4.79 Å². The molecule has 1 unspecified atom stereocenters. The highest BCUT2D eigenvalue weighted by Crippen LogP contribution is 2.11. The summed E-state index contributed by atoms with van der Waals surface area (Å²) in [4.78, 5) is 11.6. The molecule has 102 valence electrons. The minimum atomic E-state index is 0.0571. The fraction of sp³-hybridized carbons (Fsp3) is 0.643. The lowest BCUT2D eigenvalue weighted by atomic mass is 9.96. The molecule has 3 N–H and O–H groups in total. The summed E-state index contributed by atoms with van der Waals surface area (Å²) in [5, 5.41) is 3.36. The van der Waals surface area contributed by atoms with Crippen LogP contribution in [-0.4, -0.2) is 17.7 Å². The van der Waals surface area contributed by atoms with Gasteiger partial charge in [-0.3, -0.25) is 4.79 Å². The van der Waals surface area contributed by atoms with Crippen LogP contribution in [0.25, 0.3) is 0 Å². The maximum atomic E-state index is 11.6. The summed E-state index contributed by atoms with van der Waals surface area (Å²) in [5.74, 6) is 1.01. The summed E-state index contributed by atoms with van der Waals surface area (Å²) in [7, 11) is 0. The number of rotatable bonds is 7. The van der Waals surface area contributed by atoms with Crippen LogP contribution in [0.3, 0.4) is 0 Å². The Kier molecular flexibility index (Phi) is 5.92. The highest BCUT2D eigenvalue weighted by atomic mass is 16.1. The van der Waals surface area contributed by atoms with Gasteiger partial charge in [-0.1, -0.05) is 20.8 Å². The molecule has 1 heterocycles. The van der Waals surface area contributed by atoms with E-state index in [1.165, 1.54) is 0 Å². The maximum Gasteiger partial charge on any atom is 0.250 e. The third kappa shape index (κ3) is 4.18. The lowest BCUT2D eigenvalue weighted by Crippen LogP contribution is -2.28. The van der Waals surface area contributed by atoms with Crippen LogP contribution in [0.15, 0.2) is 23.1 Å². The second-order valence-corrected chi connectivity index (χ2v) is 5.07. The molecule has 1 rings (SSSR count). The van der Waals surface area contributed by atoms with Gasteiger partial charge in [0.05, 0.1) is 5.69 Å². The minimum Gasteiger partial charge on any atom is -0.384 e. The van der Waals surface area contributed by atoms with Crippen LogP contribution in [0.5, 0.6) is 0 Å². The Morgan fingerprint density at radius 1 is 1.39 bits per heavy atom. The molecule has 0 saturated heterocycles. The quantitative estimate of drug-likeness (QED) is 0.778. The predicted molar refractivity (Wildman–Crippen MR) is 76.9 cm³/mol. The van der Waals surface area contributed by atoms with Crippen molar-refractivity contribution in [2.45, 2.75) is 33.7 Å². The van der Waals surface area contributed by atoms with Gasteiger partial charge in [0.2, 0.25) is 0 Å². The molecule has 0 aliphatic heterocycles. The second kappa shape index (κ2) is 7.21. The van der Waals surface area contributed by atoms with Gasteiger partial charge in [-0.25, -0.2) is 0 Å². The van der Waals surface area contributed by atoms with Gasteiger partial charge in [-0.05, 0) is 30.9 Å². The number of aromatic nitrogens is 1. The van der Waals surface area contributed by atoms with Gasteiger partial charge in [-0.2, -0.15) is 0 Å². The van der Waals surface area contributed by atoms with Gasteiger partial charge >= 0.3 is 0 Å². The smallest absolute Gasteiger partial charge is 0.250 e. The van der Waals surface area contributed by atoms with E-state index in [2.05, 4.69) is 26.1 Å². The van der Waals surface area contributed by atoms with Crippen molar-refractivity contribution in [2.24, 2.45) is 17.6 Å². The Balaban J connectivity index is 2.67. The molecule has 0 aliphatic carbocycles. The zero-order chi connectivity index (χ0) is 13.5. The molecule has 0 aromatic carbocycles. The van der Waals surface area contributed by atoms with Crippen LogP contribution in [0.2, 0.25) is 0 Å². The van der Waals surface area contributed by atoms with E-state index in [0.29, 0.717) is 18.4 Å². The number of nitrogens with two attached hydrogens (primary N) is 1. The summed E-state index contributed by atoms with van der Waals surface area (Å²) >= 11 is 0. The number of nitrogens with zero attached hydrogens (tertiary/aromatic N) is 1. The molecule has 0 saturated carbocycles. The summed E-state index contributed by atoms with van der Waals surface area (Å²) in [5.41, 5.74) is 6.79. The topological polar surface area (TPSA) is 60.1 Å². The number of aryl methyl sites for hydroxylation is 1. The minimum absolute atomic E-state index is 0.0571. The van der Waals surface area contributed by atoms with Gasteiger partial charge in [0, 0.05) is 25.4 Å². The van der Waals surface area contributed by atoms with Crippen molar-refractivity contribution in [1.29, 1.82) is 0 Å². The summed E-state index contributed by atoms with van der Waals surface area (Å²) in [6, 6.07) is 3.45. The summed E-state index contributed by atoms with van der Waals surface area (Å²) in [6.45, 7) is 8.71. The third-order valence-corrected chi connectivity index (χ3v) is 3.26. The molecule has 0 fully saturated rings. The van der Waals surface area contributed by atoms with Gasteiger partial charge in [-0.15, -0.1) is 0 Å². The standard InChI is InChI=1S/C14H25N3O/c1-4-7-17-10-13(5-6-14(17)18)16-9-12(8-15)11(2)3/h5-6,10-12,16H,4,7-9,15H2,1-3H3. The van der Waals surface area contributed by atoms with Crippen LogP contribution in [0, 0.1) is 11.8 Å². The van der Waals surface area contributed by atoms with Crippen LogP contribution in [-0.2, 0) is 6.54 Å². The first-order valence-electron chi connectivity index (χ1n) is 6.72. The van der Waals surface area contributed by atoms with E-state index in [-0.39, 0.29) is 5.56 Å². The highest BCUT2D eigenvalue weighted by molar-refractivity contribution is 5.40. The first-order valence-corrected chi connectivity index (χ1v) is 6.72. The van der Waals surface area contributed by atoms with Crippen molar-refractivity contribution >= 4 is 5.69 Å². The second-order valence-electron chi connectivity index (χ2n) is 5.07. The zero-order valence-corrected chi connectivity index (χ0v) is 11.6. The monoisotopic (exact) mass is 251 g/mol. The largest absolute Gasteiger partial charge is 0.384 e. The normalized spacial score (nSPS) is 12.7. The zero-order valence-electron chi connectivity index (χ0n) is 11.6. The van der Waals surface area contributed by atoms with E-state index in [4.69, 9.17) is 5.73 Å². The fourth-order valence-electron chi connectivity index (χ4n) is 1.89. The van der Waals surface area contributed by atoms with Gasteiger partial charge in [0.1, 0.15) is 0 Å². The Bertz CT molecular complexity index is 412. The van der Waals surface area contributed by atoms with E-state index in [1.807, 2.05) is 12.3 Å². The molecule has 4 heteroatoms. The average Bonchev–Trinajstić information content (AvgIpc) is 2.33. The highest BCUT2D eigenvalue weighted by Gasteiger charge is 2.10. The van der Waals surface area contributed by atoms with Crippen LogP contribution >= 0.6 is 0 Å². The average molecular weight is 251 g/mol. The Morgan fingerprint density at radius 3 is 2.67 bits per heavy atom. The molecule has 0 radical (unpaired) electrons. The van der Waals surface area contributed by atoms with Gasteiger partial charge in [0.15, 0.2) is 0 Å². The van der Waals surface area contributed by atoms with E-state index < -0.39 is 0 Å². The molecular formula is C14H25N3O. The maximum absolute atomic E-state index is 11.6. The number of hydrogen-bond donors (Lipinski definition) is 2. The summed E-state index contributed by atoms with van der Waals surface area (Å²) < 4.78 is 1.75. The molecule has 1 aromatic rings. The van der Waals surface area contributed by atoms with Gasteiger partial charge < -0.3 is 15.6 Å². The number of pyridine rings is 1. The van der Waals surface area contributed by atoms with Crippen molar-refractivity contribution in [3.8, 4) is 0 Å². The molecule has 1 atom stereocenters. The van der Waals surface area contributed by atoms with Crippen LogP contribution in [0.1, 0.15) is 27.2 Å². The number of hydrogen-bond acceptors (Lipinski definition) is 3. The molecule has 0 aliphatic rings. The Morgan fingerprint density at radius 2 is 2.11 bits per heavy atom. The third-order valence-electron chi connectivity index (χ3n) is 3.26. The van der Waals surface area contributed by atoms with Crippen molar-refractivity contribution in [3.05, 3.63) is 28.7 Å². The first-order chi connectivity index (χ1) is 8.58. The van der Waals surface area contributed by atoms with Crippen LogP contribution < -0.4 is 16.6 Å². The Hall–Kier alpha value is -1.29. The number of anilines is 1.